The minimum absolute atomic E-state index is 0.000708. The lowest BCUT2D eigenvalue weighted by Crippen LogP contribution is -2.60. The molecule has 0 N–H and O–H groups in total. The summed E-state index contributed by atoms with van der Waals surface area (Å²) in [5.41, 5.74) is 1.79. The number of methoxy groups -OCH3 is 1. The maximum absolute atomic E-state index is 13.3. The highest BCUT2D eigenvalue weighted by atomic mass is 16.5. The first-order valence-corrected chi connectivity index (χ1v) is 13.0. The van der Waals surface area contributed by atoms with Gasteiger partial charge in [-0.15, -0.1) is 0 Å². The highest BCUT2D eigenvalue weighted by Crippen LogP contribution is 2.56. The van der Waals surface area contributed by atoms with Gasteiger partial charge in [-0.25, -0.2) is 15.0 Å². The fraction of sp³-hybridized carbons (Fsp3) is 0.593. The third-order valence-corrected chi connectivity index (χ3v) is 8.60. The quantitative estimate of drug-likeness (QED) is 0.634. The average molecular weight is 488 g/mol. The van der Waals surface area contributed by atoms with E-state index in [9.17, 15) is 10.1 Å². The molecule has 1 unspecified atom stereocenters. The van der Waals surface area contributed by atoms with Gasteiger partial charge in [0.1, 0.15) is 29.9 Å². The Bertz CT molecular complexity index is 1220. The molecular formula is C27H33N7O2. The molecule has 0 radical (unpaired) electrons. The van der Waals surface area contributed by atoms with Crippen molar-refractivity contribution in [3.05, 3.63) is 35.8 Å². The van der Waals surface area contributed by atoms with Gasteiger partial charge in [-0.1, -0.05) is 6.42 Å². The van der Waals surface area contributed by atoms with Crippen molar-refractivity contribution in [2.75, 3.05) is 36.5 Å². The molecule has 9 nitrogen and oxygen atoms in total. The summed E-state index contributed by atoms with van der Waals surface area (Å²) in [5.74, 6) is 3.12. The van der Waals surface area contributed by atoms with E-state index < -0.39 is 0 Å². The van der Waals surface area contributed by atoms with Crippen LogP contribution in [0.5, 0.6) is 0 Å². The van der Waals surface area contributed by atoms with Crippen LogP contribution in [0.15, 0.2) is 24.7 Å². The van der Waals surface area contributed by atoms with Crippen molar-refractivity contribution in [3.8, 4) is 6.07 Å². The molecule has 188 valence electrons. The first-order valence-electron chi connectivity index (χ1n) is 13.0. The fourth-order valence-corrected chi connectivity index (χ4v) is 6.34. The lowest BCUT2D eigenvalue weighted by Gasteiger charge is -2.47. The molecule has 1 spiro atoms. The molecule has 6 rings (SSSR count). The van der Waals surface area contributed by atoms with E-state index in [2.05, 4.69) is 34.7 Å². The fourth-order valence-electron chi connectivity index (χ4n) is 6.34. The molecule has 2 aromatic rings. The molecular weight excluding hydrogens is 454 g/mol. The number of nitriles is 1. The predicted octanol–water partition coefficient (Wildman–Crippen LogP) is 3.17. The molecule has 2 aromatic heterocycles. The molecule has 2 aliphatic heterocycles. The highest BCUT2D eigenvalue weighted by molar-refractivity contribution is 5.82. The summed E-state index contributed by atoms with van der Waals surface area (Å²) < 4.78 is 5.61. The van der Waals surface area contributed by atoms with Crippen molar-refractivity contribution in [3.63, 3.8) is 0 Å². The average Bonchev–Trinajstić information content (AvgIpc) is 3.64. The second-order valence-electron chi connectivity index (χ2n) is 11.0. The number of anilines is 3. The number of fused-ring (bicyclic) bond motifs is 2. The van der Waals surface area contributed by atoms with Gasteiger partial charge in [0.05, 0.1) is 11.6 Å². The number of aromatic nitrogens is 3. The van der Waals surface area contributed by atoms with Crippen molar-refractivity contribution in [1.29, 1.82) is 5.26 Å². The van der Waals surface area contributed by atoms with E-state index in [4.69, 9.17) is 14.7 Å². The maximum atomic E-state index is 13.3. The summed E-state index contributed by atoms with van der Waals surface area (Å²) in [6.45, 7) is 6.47. The van der Waals surface area contributed by atoms with Crippen LogP contribution in [0.1, 0.15) is 57.1 Å². The van der Waals surface area contributed by atoms with E-state index in [-0.39, 0.29) is 29.5 Å². The summed E-state index contributed by atoms with van der Waals surface area (Å²) in [7, 11) is 1.65. The number of rotatable bonds is 5. The van der Waals surface area contributed by atoms with Gasteiger partial charge in [0.25, 0.3) is 5.91 Å². The monoisotopic (exact) mass is 487 g/mol. The van der Waals surface area contributed by atoms with Gasteiger partial charge in [0, 0.05) is 56.0 Å². The Morgan fingerprint density at radius 1 is 1.17 bits per heavy atom. The predicted molar refractivity (Wildman–Crippen MR) is 135 cm³/mol. The molecule has 4 aliphatic rings. The molecule has 1 saturated heterocycles. The van der Waals surface area contributed by atoms with Crippen molar-refractivity contribution in [2.24, 2.45) is 5.92 Å². The number of carbonyl (C=O) groups excluding carboxylic acids is 1. The van der Waals surface area contributed by atoms with Crippen LogP contribution in [0.4, 0.5) is 17.5 Å². The molecule has 4 heterocycles. The summed E-state index contributed by atoms with van der Waals surface area (Å²) in [6.07, 6.45) is 8.53. The Kier molecular flexibility index (Phi) is 5.60. The summed E-state index contributed by atoms with van der Waals surface area (Å²) in [4.78, 5) is 34.0. The van der Waals surface area contributed by atoms with E-state index in [1.165, 1.54) is 12.0 Å². The molecule has 36 heavy (non-hydrogen) atoms. The van der Waals surface area contributed by atoms with E-state index in [0.717, 1.165) is 56.2 Å². The number of carbonyl (C=O) groups is 1. The van der Waals surface area contributed by atoms with Crippen LogP contribution in [0, 0.1) is 17.2 Å². The number of amides is 1. The van der Waals surface area contributed by atoms with Gasteiger partial charge >= 0.3 is 0 Å². The number of nitrogens with zero attached hydrogens (tertiary/aromatic N) is 7. The molecule has 9 heteroatoms. The van der Waals surface area contributed by atoms with Crippen LogP contribution in [0.25, 0.3) is 0 Å². The zero-order valence-electron chi connectivity index (χ0n) is 21.2. The van der Waals surface area contributed by atoms with Gasteiger partial charge in [-0.2, -0.15) is 5.26 Å². The Morgan fingerprint density at radius 2 is 1.94 bits per heavy atom. The Hall–Kier alpha value is -3.25. The SMILES string of the molecule is COC(C(=O)N1C[C@H](C)N(c2ncnc3c2C2(CCC2)CN3c2cc(C#N)ccn2)C[C@H]1C)C1CC1. The standard InChI is InChI=1S/C27H33N7O2/c1-17-14-33(26(35)23(36-3)20-5-6-20)18(2)13-32(17)24-22-25(31-16-30-24)34(15-27(22)8-4-9-27)21-11-19(12-28)7-10-29-21/h7,10-11,16-18,20,23H,4-6,8-9,13-15H2,1-3H3/t17-,18+,23?/m0/s1. The molecule has 1 amide bonds. The van der Waals surface area contributed by atoms with Crippen LogP contribution in [-0.2, 0) is 14.9 Å². The van der Waals surface area contributed by atoms with E-state index in [1.807, 2.05) is 11.0 Å². The Labute approximate surface area is 212 Å². The van der Waals surface area contributed by atoms with Gasteiger partial charge in [0.15, 0.2) is 0 Å². The summed E-state index contributed by atoms with van der Waals surface area (Å²) in [6, 6.07) is 5.96. The molecule has 2 saturated carbocycles. The van der Waals surface area contributed by atoms with Gasteiger partial charge < -0.3 is 19.4 Å². The maximum Gasteiger partial charge on any atom is 0.252 e. The molecule has 3 fully saturated rings. The minimum Gasteiger partial charge on any atom is -0.371 e. The van der Waals surface area contributed by atoms with Crippen LogP contribution < -0.4 is 9.80 Å². The number of ether oxygens (including phenoxy) is 1. The summed E-state index contributed by atoms with van der Waals surface area (Å²) >= 11 is 0. The van der Waals surface area contributed by atoms with Crippen molar-refractivity contribution in [2.45, 2.75) is 69.6 Å². The van der Waals surface area contributed by atoms with Crippen LogP contribution in [-0.4, -0.2) is 70.7 Å². The second-order valence-corrected chi connectivity index (χ2v) is 11.0. The zero-order valence-corrected chi connectivity index (χ0v) is 21.2. The van der Waals surface area contributed by atoms with Gasteiger partial charge in [-0.05, 0) is 57.6 Å². The lowest BCUT2D eigenvalue weighted by molar-refractivity contribution is -0.146. The van der Waals surface area contributed by atoms with Gasteiger partial charge in [0.2, 0.25) is 0 Å². The molecule has 2 aliphatic carbocycles. The number of piperazine rings is 1. The Balaban J connectivity index is 1.33. The zero-order chi connectivity index (χ0) is 25.0. The molecule has 0 bridgehead atoms. The second kappa shape index (κ2) is 8.70. The van der Waals surface area contributed by atoms with Crippen LogP contribution in [0.3, 0.4) is 0 Å². The first-order chi connectivity index (χ1) is 17.5. The highest BCUT2D eigenvalue weighted by Gasteiger charge is 2.52. The molecule has 3 atom stereocenters. The smallest absolute Gasteiger partial charge is 0.252 e. The van der Waals surface area contributed by atoms with Crippen molar-refractivity contribution >= 4 is 23.4 Å². The van der Waals surface area contributed by atoms with Crippen molar-refractivity contribution < 1.29 is 9.53 Å². The van der Waals surface area contributed by atoms with E-state index in [0.29, 0.717) is 18.0 Å². The third-order valence-electron chi connectivity index (χ3n) is 8.60. The van der Waals surface area contributed by atoms with Crippen LogP contribution >= 0.6 is 0 Å². The lowest BCUT2D eigenvalue weighted by atomic mass is 9.66. The van der Waals surface area contributed by atoms with Crippen LogP contribution in [0.2, 0.25) is 0 Å². The number of hydrogen-bond acceptors (Lipinski definition) is 8. The van der Waals surface area contributed by atoms with Gasteiger partial charge in [-0.3, -0.25) is 4.79 Å². The normalized spacial score (nSPS) is 25.3. The molecule has 0 aromatic carbocycles. The third kappa shape index (κ3) is 3.62. The van der Waals surface area contributed by atoms with E-state index in [1.54, 1.807) is 25.7 Å². The topological polar surface area (TPSA) is 98.5 Å². The largest absolute Gasteiger partial charge is 0.371 e. The minimum atomic E-state index is -0.321. The summed E-state index contributed by atoms with van der Waals surface area (Å²) in [5, 5.41) is 9.41. The Morgan fingerprint density at radius 3 is 2.61 bits per heavy atom. The van der Waals surface area contributed by atoms with Crippen molar-refractivity contribution in [1.82, 2.24) is 19.9 Å². The first kappa shape index (κ1) is 23.2. The number of hydrogen-bond donors (Lipinski definition) is 0. The number of pyridine rings is 1. The van der Waals surface area contributed by atoms with E-state index >= 15 is 0 Å².